The largest absolute Gasteiger partial charge is 0.494 e. The number of amides is 1. The summed E-state index contributed by atoms with van der Waals surface area (Å²) in [6.07, 6.45) is 2.98. The second-order valence-electron chi connectivity index (χ2n) is 5.20. The van der Waals surface area contributed by atoms with Gasteiger partial charge in [-0.2, -0.15) is 0 Å². The SMILES string of the molecule is CCOc1ccc(NC(=O)c2cnc(Nc3ccccc3)nc2)cc1. The molecule has 0 aliphatic heterocycles. The zero-order chi connectivity index (χ0) is 17.5. The van der Waals surface area contributed by atoms with E-state index in [-0.39, 0.29) is 5.91 Å². The van der Waals surface area contributed by atoms with Crippen molar-refractivity contribution >= 4 is 23.2 Å². The molecule has 0 saturated heterocycles. The minimum Gasteiger partial charge on any atom is -0.494 e. The third-order valence-electron chi connectivity index (χ3n) is 3.37. The smallest absolute Gasteiger partial charge is 0.258 e. The van der Waals surface area contributed by atoms with Crippen LogP contribution in [-0.2, 0) is 0 Å². The van der Waals surface area contributed by atoms with Gasteiger partial charge < -0.3 is 15.4 Å². The van der Waals surface area contributed by atoms with Crippen LogP contribution < -0.4 is 15.4 Å². The molecule has 3 aromatic rings. The molecule has 0 fully saturated rings. The number of benzene rings is 2. The van der Waals surface area contributed by atoms with Crippen LogP contribution in [0, 0.1) is 0 Å². The van der Waals surface area contributed by atoms with Crippen molar-refractivity contribution in [1.29, 1.82) is 0 Å². The van der Waals surface area contributed by atoms with Crippen LogP contribution in [0.2, 0.25) is 0 Å². The van der Waals surface area contributed by atoms with Crippen LogP contribution in [0.1, 0.15) is 17.3 Å². The van der Waals surface area contributed by atoms with Crippen molar-refractivity contribution in [2.24, 2.45) is 0 Å². The van der Waals surface area contributed by atoms with Gasteiger partial charge in [-0.05, 0) is 43.3 Å². The van der Waals surface area contributed by atoms with Crippen molar-refractivity contribution in [3.8, 4) is 5.75 Å². The fourth-order valence-corrected chi connectivity index (χ4v) is 2.16. The second-order valence-corrected chi connectivity index (χ2v) is 5.20. The van der Waals surface area contributed by atoms with Gasteiger partial charge in [-0.25, -0.2) is 9.97 Å². The lowest BCUT2D eigenvalue weighted by Crippen LogP contribution is -2.13. The molecule has 0 spiro atoms. The van der Waals surface area contributed by atoms with Crippen LogP contribution in [0.3, 0.4) is 0 Å². The summed E-state index contributed by atoms with van der Waals surface area (Å²) in [5, 5.41) is 5.87. The molecule has 0 unspecified atom stereocenters. The summed E-state index contributed by atoms with van der Waals surface area (Å²) in [6, 6.07) is 16.8. The minimum absolute atomic E-state index is 0.268. The molecule has 0 radical (unpaired) electrons. The van der Waals surface area contributed by atoms with E-state index in [9.17, 15) is 4.79 Å². The number of carbonyl (C=O) groups is 1. The van der Waals surface area contributed by atoms with Crippen LogP contribution in [0.15, 0.2) is 67.0 Å². The number of carbonyl (C=O) groups excluding carboxylic acids is 1. The molecule has 25 heavy (non-hydrogen) atoms. The fraction of sp³-hybridized carbons (Fsp3) is 0.105. The molecule has 3 rings (SSSR count). The first-order valence-electron chi connectivity index (χ1n) is 7.93. The topological polar surface area (TPSA) is 76.1 Å². The van der Waals surface area contributed by atoms with Gasteiger partial charge in [-0.15, -0.1) is 0 Å². The molecule has 0 bridgehead atoms. The molecule has 2 aromatic carbocycles. The molecule has 6 nitrogen and oxygen atoms in total. The van der Waals surface area contributed by atoms with E-state index in [1.807, 2.05) is 49.4 Å². The highest BCUT2D eigenvalue weighted by Crippen LogP contribution is 2.17. The van der Waals surface area contributed by atoms with Gasteiger partial charge in [-0.1, -0.05) is 18.2 Å². The summed E-state index contributed by atoms with van der Waals surface area (Å²) in [5.74, 6) is 0.930. The van der Waals surface area contributed by atoms with Crippen LogP contribution in [0.5, 0.6) is 5.75 Å². The number of rotatable bonds is 6. The van der Waals surface area contributed by atoms with Crippen molar-refractivity contribution in [3.05, 3.63) is 72.6 Å². The van der Waals surface area contributed by atoms with Gasteiger partial charge in [0.05, 0.1) is 12.2 Å². The standard InChI is InChI=1S/C19H18N4O2/c1-2-25-17-10-8-16(9-11-17)22-18(24)14-12-20-19(21-13-14)23-15-6-4-3-5-7-15/h3-13H,2H2,1H3,(H,22,24)(H,20,21,23). The van der Waals surface area contributed by atoms with E-state index in [0.717, 1.165) is 11.4 Å². The maximum Gasteiger partial charge on any atom is 0.258 e. The van der Waals surface area contributed by atoms with E-state index < -0.39 is 0 Å². The van der Waals surface area contributed by atoms with Crippen molar-refractivity contribution in [2.75, 3.05) is 17.2 Å². The maximum atomic E-state index is 12.3. The maximum absolute atomic E-state index is 12.3. The molecule has 2 N–H and O–H groups in total. The lowest BCUT2D eigenvalue weighted by Gasteiger charge is -2.08. The van der Waals surface area contributed by atoms with Gasteiger partial charge in [0.2, 0.25) is 5.95 Å². The Labute approximate surface area is 145 Å². The normalized spacial score (nSPS) is 10.1. The predicted molar refractivity (Wildman–Crippen MR) is 97.3 cm³/mol. The van der Waals surface area contributed by atoms with E-state index in [0.29, 0.717) is 23.8 Å². The van der Waals surface area contributed by atoms with Crippen LogP contribution >= 0.6 is 0 Å². The van der Waals surface area contributed by atoms with E-state index >= 15 is 0 Å². The van der Waals surface area contributed by atoms with Crippen LogP contribution in [0.4, 0.5) is 17.3 Å². The number of nitrogens with one attached hydrogen (secondary N) is 2. The zero-order valence-corrected chi connectivity index (χ0v) is 13.8. The lowest BCUT2D eigenvalue weighted by molar-refractivity contribution is 0.102. The number of nitrogens with zero attached hydrogens (tertiary/aromatic N) is 2. The van der Waals surface area contributed by atoms with Crippen LogP contribution in [0.25, 0.3) is 0 Å². The lowest BCUT2D eigenvalue weighted by atomic mass is 10.2. The van der Waals surface area contributed by atoms with Crippen molar-refractivity contribution in [2.45, 2.75) is 6.92 Å². The molecule has 0 aliphatic carbocycles. The zero-order valence-electron chi connectivity index (χ0n) is 13.8. The molecule has 0 saturated carbocycles. The highest BCUT2D eigenvalue weighted by molar-refractivity contribution is 6.03. The third kappa shape index (κ3) is 4.54. The predicted octanol–water partition coefficient (Wildman–Crippen LogP) is 3.87. The summed E-state index contributed by atoms with van der Waals surface area (Å²) in [7, 11) is 0. The first-order chi connectivity index (χ1) is 12.2. The summed E-state index contributed by atoms with van der Waals surface area (Å²) in [5.41, 5.74) is 1.95. The van der Waals surface area contributed by atoms with E-state index in [2.05, 4.69) is 20.6 Å². The van der Waals surface area contributed by atoms with Crippen molar-refractivity contribution < 1.29 is 9.53 Å². The molecule has 6 heteroatoms. The number of para-hydroxylation sites is 1. The average molecular weight is 334 g/mol. The highest BCUT2D eigenvalue weighted by Gasteiger charge is 2.08. The van der Waals surface area contributed by atoms with Gasteiger partial charge in [0.25, 0.3) is 5.91 Å². The third-order valence-corrected chi connectivity index (χ3v) is 3.37. The molecular formula is C19H18N4O2. The highest BCUT2D eigenvalue weighted by atomic mass is 16.5. The Morgan fingerprint density at radius 3 is 2.28 bits per heavy atom. The molecule has 1 amide bonds. The Kier molecular flexibility index (Phi) is 5.21. The number of aromatic nitrogens is 2. The van der Waals surface area contributed by atoms with Crippen molar-refractivity contribution in [1.82, 2.24) is 9.97 Å². The molecule has 1 heterocycles. The molecule has 0 atom stereocenters. The number of hydrogen-bond donors (Lipinski definition) is 2. The van der Waals surface area contributed by atoms with Gasteiger partial charge in [0, 0.05) is 23.8 Å². The number of hydrogen-bond acceptors (Lipinski definition) is 5. The Morgan fingerprint density at radius 2 is 1.64 bits per heavy atom. The van der Waals surface area contributed by atoms with Gasteiger partial charge in [0.1, 0.15) is 5.75 Å². The fourth-order valence-electron chi connectivity index (χ4n) is 2.16. The van der Waals surface area contributed by atoms with Crippen molar-refractivity contribution in [3.63, 3.8) is 0 Å². The summed E-state index contributed by atoms with van der Waals surface area (Å²) >= 11 is 0. The minimum atomic E-state index is -0.268. The summed E-state index contributed by atoms with van der Waals surface area (Å²) in [4.78, 5) is 20.6. The Hall–Kier alpha value is -3.41. The van der Waals surface area contributed by atoms with Crippen LogP contribution in [-0.4, -0.2) is 22.5 Å². The Balaban J connectivity index is 1.62. The molecule has 126 valence electrons. The monoisotopic (exact) mass is 334 g/mol. The van der Waals surface area contributed by atoms with E-state index in [1.54, 1.807) is 12.1 Å². The summed E-state index contributed by atoms with van der Waals surface area (Å²) < 4.78 is 5.37. The summed E-state index contributed by atoms with van der Waals surface area (Å²) in [6.45, 7) is 2.53. The van der Waals surface area contributed by atoms with Gasteiger partial charge in [-0.3, -0.25) is 4.79 Å². The average Bonchev–Trinajstić information content (AvgIpc) is 2.65. The quantitative estimate of drug-likeness (QED) is 0.715. The van der Waals surface area contributed by atoms with E-state index in [4.69, 9.17) is 4.74 Å². The van der Waals surface area contributed by atoms with Gasteiger partial charge in [0.15, 0.2) is 0 Å². The first-order valence-corrected chi connectivity index (χ1v) is 7.93. The van der Waals surface area contributed by atoms with Gasteiger partial charge >= 0.3 is 0 Å². The first kappa shape index (κ1) is 16.4. The number of ether oxygens (including phenoxy) is 1. The molecular weight excluding hydrogens is 316 g/mol. The molecule has 0 aliphatic rings. The molecule has 1 aromatic heterocycles. The van der Waals surface area contributed by atoms with E-state index in [1.165, 1.54) is 12.4 Å². The Morgan fingerprint density at radius 1 is 0.960 bits per heavy atom. The second kappa shape index (κ2) is 7.92. The Bertz CT molecular complexity index is 818. The number of anilines is 3.